The molecule has 72 valence electrons. The number of hydrogen-bond acceptors (Lipinski definition) is 1. The zero-order chi connectivity index (χ0) is 9.76. The number of rotatable bonds is 1. The highest BCUT2D eigenvalue weighted by Gasteiger charge is 2.59. The number of ketones is 1. The Hall–Kier alpha value is -0.820. The second-order valence-electron chi connectivity index (χ2n) is 4.39. The van der Waals surface area contributed by atoms with Gasteiger partial charge in [0, 0.05) is 10.9 Å². The number of benzene rings is 1. The van der Waals surface area contributed by atoms with Crippen molar-refractivity contribution in [3.05, 3.63) is 34.9 Å². The molecule has 1 aromatic carbocycles. The number of hydrogen-bond donors (Lipinski definition) is 0. The van der Waals surface area contributed by atoms with Crippen molar-refractivity contribution < 1.29 is 4.79 Å². The zero-order valence-electron chi connectivity index (χ0n) is 7.79. The lowest BCUT2D eigenvalue weighted by atomic mass is 9.64. The van der Waals surface area contributed by atoms with Gasteiger partial charge in [0.05, 0.1) is 5.41 Å². The Balaban J connectivity index is 2.03. The normalized spacial score (nSPS) is 34.4. The van der Waals surface area contributed by atoms with E-state index in [1.165, 1.54) is 5.56 Å². The Morgan fingerprint density at radius 1 is 1.29 bits per heavy atom. The number of carbonyl (C=O) groups excluding carboxylic acids is 1. The van der Waals surface area contributed by atoms with Crippen molar-refractivity contribution in [1.29, 1.82) is 0 Å². The van der Waals surface area contributed by atoms with Gasteiger partial charge in [-0.05, 0) is 37.0 Å². The molecule has 3 aliphatic carbocycles. The van der Waals surface area contributed by atoms with E-state index in [9.17, 15) is 4.79 Å². The number of fused-ring (bicyclic) bond motifs is 1. The SMILES string of the molecule is O=C1C2CCC1(c1ccc(Cl)cc1)C2. The van der Waals surface area contributed by atoms with Gasteiger partial charge in [-0.3, -0.25) is 4.79 Å². The Kier molecular flexibility index (Phi) is 1.58. The maximum absolute atomic E-state index is 11.8. The Labute approximate surface area is 88.1 Å². The first kappa shape index (κ1) is 8.49. The van der Waals surface area contributed by atoms with Gasteiger partial charge in [-0.15, -0.1) is 0 Å². The van der Waals surface area contributed by atoms with Crippen LogP contribution in [0.2, 0.25) is 5.02 Å². The van der Waals surface area contributed by atoms with E-state index in [4.69, 9.17) is 11.6 Å². The third-order valence-electron chi connectivity index (χ3n) is 3.75. The van der Waals surface area contributed by atoms with Crippen LogP contribution in [-0.2, 0) is 10.2 Å². The maximum atomic E-state index is 11.8. The lowest BCUT2D eigenvalue weighted by Gasteiger charge is -2.37. The van der Waals surface area contributed by atoms with Crippen LogP contribution in [0.5, 0.6) is 0 Å². The molecule has 4 rings (SSSR count). The highest BCUT2D eigenvalue weighted by Crippen LogP contribution is 2.56. The third-order valence-corrected chi connectivity index (χ3v) is 4.01. The summed E-state index contributed by atoms with van der Waals surface area (Å²) in [5.41, 5.74) is 1.05. The van der Waals surface area contributed by atoms with Crippen LogP contribution in [0.25, 0.3) is 0 Å². The minimum atomic E-state index is -0.116. The molecule has 3 aliphatic rings. The van der Waals surface area contributed by atoms with Gasteiger partial charge >= 0.3 is 0 Å². The summed E-state index contributed by atoms with van der Waals surface area (Å²) in [5, 5.41) is 0.742. The van der Waals surface area contributed by atoms with Crippen molar-refractivity contribution in [1.82, 2.24) is 0 Å². The maximum Gasteiger partial charge on any atom is 0.146 e. The van der Waals surface area contributed by atoms with Crippen LogP contribution in [0.15, 0.2) is 24.3 Å². The average Bonchev–Trinajstić information content (AvgIpc) is 2.76. The van der Waals surface area contributed by atoms with E-state index in [0.717, 1.165) is 24.3 Å². The molecule has 2 heteroatoms. The monoisotopic (exact) mass is 206 g/mol. The van der Waals surface area contributed by atoms with E-state index in [-0.39, 0.29) is 5.41 Å². The summed E-state index contributed by atoms with van der Waals surface area (Å²) < 4.78 is 0. The minimum absolute atomic E-state index is 0.116. The van der Waals surface area contributed by atoms with Gasteiger partial charge in [0.2, 0.25) is 0 Å². The summed E-state index contributed by atoms with van der Waals surface area (Å²) >= 11 is 5.83. The second-order valence-corrected chi connectivity index (χ2v) is 4.83. The lowest BCUT2D eigenvalue weighted by molar-refractivity contribution is -0.133. The standard InChI is InChI=1S/C12H11ClO/c13-10-3-1-9(2-4-10)12-6-5-8(7-12)11(12)14/h1-4,8H,5-7H2. The Morgan fingerprint density at radius 2 is 2.00 bits per heavy atom. The summed E-state index contributed by atoms with van der Waals surface area (Å²) in [6.45, 7) is 0. The molecule has 1 nitrogen and oxygen atoms in total. The summed E-state index contributed by atoms with van der Waals surface area (Å²) in [4.78, 5) is 11.8. The molecule has 2 unspecified atom stereocenters. The zero-order valence-corrected chi connectivity index (χ0v) is 8.55. The molecule has 2 bridgehead atoms. The van der Waals surface area contributed by atoms with Crippen LogP contribution in [0.4, 0.5) is 0 Å². The minimum Gasteiger partial charge on any atom is -0.298 e. The van der Waals surface area contributed by atoms with Gasteiger partial charge < -0.3 is 0 Å². The molecule has 0 aromatic heterocycles. The van der Waals surface area contributed by atoms with Crippen molar-refractivity contribution in [3.8, 4) is 0 Å². The third kappa shape index (κ3) is 0.885. The molecule has 0 N–H and O–H groups in total. The summed E-state index contributed by atoms with van der Waals surface area (Å²) in [6, 6.07) is 7.76. The van der Waals surface area contributed by atoms with Crippen LogP contribution in [0.1, 0.15) is 24.8 Å². The predicted octanol–water partition coefficient (Wildman–Crippen LogP) is 2.96. The van der Waals surface area contributed by atoms with Crippen LogP contribution in [0, 0.1) is 5.92 Å². The number of halogens is 1. The molecule has 2 atom stereocenters. The van der Waals surface area contributed by atoms with Crippen molar-refractivity contribution >= 4 is 17.4 Å². The fourth-order valence-electron chi connectivity index (χ4n) is 2.93. The van der Waals surface area contributed by atoms with Crippen molar-refractivity contribution in [2.45, 2.75) is 24.7 Å². The van der Waals surface area contributed by atoms with Crippen LogP contribution in [-0.4, -0.2) is 5.78 Å². The lowest BCUT2D eigenvalue weighted by Crippen LogP contribution is -2.44. The second kappa shape index (κ2) is 2.60. The van der Waals surface area contributed by atoms with Gasteiger partial charge in [0.15, 0.2) is 0 Å². The molecule has 0 aliphatic heterocycles. The topological polar surface area (TPSA) is 17.1 Å². The van der Waals surface area contributed by atoms with E-state index < -0.39 is 0 Å². The quantitative estimate of drug-likeness (QED) is 0.691. The largest absolute Gasteiger partial charge is 0.298 e. The average molecular weight is 207 g/mol. The van der Waals surface area contributed by atoms with E-state index in [1.54, 1.807) is 0 Å². The number of carbonyl (C=O) groups is 1. The highest BCUT2D eigenvalue weighted by atomic mass is 35.5. The van der Waals surface area contributed by atoms with E-state index in [1.807, 2.05) is 24.3 Å². The molecule has 0 radical (unpaired) electrons. The smallest absolute Gasteiger partial charge is 0.146 e. The molecule has 0 spiro atoms. The van der Waals surface area contributed by atoms with Crippen LogP contribution in [0.3, 0.4) is 0 Å². The fourth-order valence-corrected chi connectivity index (χ4v) is 3.05. The predicted molar refractivity (Wildman–Crippen MR) is 55.5 cm³/mol. The number of Topliss-reactive ketones (excluding diaryl/α,β-unsaturated/α-hetero) is 1. The van der Waals surface area contributed by atoms with Gasteiger partial charge in [-0.2, -0.15) is 0 Å². The Bertz CT molecular complexity index is 391. The molecule has 3 fully saturated rings. The molecule has 3 saturated carbocycles. The van der Waals surface area contributed by atoms with Gasteiger partial charge in [-0.25, -0.2) is 0 Å². The van der Waals surface area contributed by atoms with E-state index in [2.05, 4.69) is 0 Å². The first-order valence-corrected chi connectivity index (χ1v) is 5.40. The summed E-state index contributed by atoms with van der Waals surface area (Å²) in [6.07, 6.45) is 3.19. The Morgan fingerprint density at radius 3 is 2.50 bits per heavy atom. The van der Waals surface area contributed by atoms with Crippen LogP contribution >= 0.6 is 11.6 Å². The highest BCUT2D eigenvalue weighted by molar-refractivity contribution is 6.30. The van der Waals surface area contributed by atoms with Gasteiger partial charge in [0.1, 0.15) is 5.78 Å². The molecule has 0 saturated heterocycles. The molecule has 1 aromatic rings. The van der Waals surface area contributed by atoms with Crippen molar-refractivity contribution in [3.63, 3.8) is 0 Å². The van der Waals surface area contributed by atoms with Gasteiger partial charge in [0.25, 0.3) is 0 Å². The van der Waals surface area contributed by atoms with Crippen molar-refractivity contribution in [2.24, 2.45) is 5.92 Å². The summed E-state index contributed by atoms with van der Waals surface area (Å²) in [7, 11) is 0. The fraction of sp³-hybridized carbons (Fsp3) is 0.417. The molecule has 0 amide bonds. The van der Waals surface area contributed by atoms with E-state index >= 15 is 0 Å². The molecule has 0 heterocycles. The summed E-state index contributed by atoms with van der Waals surface area (Å²) in [5.74, 6) is 0.825. The van der Waals surface area contributed by atoms with Crippen molar-refractivity contribution in [2.75, 3.05) is 0 Å². The molecular weight excluding hydrogens is 196 g/mol. The first-order chi connectivity index (χ1) is 6.72. The first-order valence-electron chi connectivity index (χ1n) is 5.03. The molecule has 14 heavy (non-hydrogen) atoms. The van der Waals surface area contributed by atoms with Gasteiger partial charge in [-0.1, -0.05) is 23.7 Å². The van der Waals surface area contributed by atoms with E-state index in [0.29, 0.717) is 11.7 Å². The molecular formula is C12H11ClO. The van der Waals surface area contributed by atoms with Crippen LogP contribution < -0.4 is 0 Å².